The molecular formula is C14H14BrFN2O. The molecule has 2 N–H and O–H groups in total. The highest BCUT2D eigenvalue weighted by Crippen LogP contribution is 2.23. The summed E-state index contributed by atoms with van der Waals surface area (Å²) in [5.74, 6) is 0.325. The third kappa shape index (κ3) is 3.30. The van der Waals surface area contributed by atoms with Gasteiger partial charge < -0.3 is 10.5 Å². The van der Waals surface area contributed by atoms with Gasteiger partial charge >= 0.3 is 0 Å². The van der Waals surface area contributed by atoms with Crippen LogP contribution in [0.1, 0.15) is 17.0 Å². The maximum absolute atomic E-state index is 13.4. The molecule has 0 aliphatic heterocycles. The molecule has 0 aliphatic carbocycles. The predicted molar refractivity (Wildman–Crippen MR) is 75.3 cm³/mol. The van der Waals surface area contributed by atoms with Gasteiger partial charge in [-0.15, -0.1) is 0 Å². The lowest BCUT2D eigenvalue weighted by Gasteiger charge is -2.11. The van der Waals surface area contributed by atoms with Crippen LogP contribution in [0.15, 0.2) is 34.8 Å². The van der Waals surface area contributed by atoms with E-state index >= 15 is 0 Å². The fourth-order valence-electron chi connectivity index (χ4n) is 1.69. The fraction of sp³-hybridized carbons (Fsp3) is 0.214. The van der Waals surface area contributed by atoms with Crippen molar-refractivity contribution >= 4 is 15.9 Å². The molecule has 0 radical (unpaired) electrons. The lowest BCUT2D eigenvalue weighted by atomic mass is 10.2. The van der Waals surface area contributed by atoms with Gasteiger partial charge in [-0.1, -0.05) is 12.1 Å². The minimum Gasteiger partial charge on any atom is -0.487 e. The number of nitrogens with zero attached hydrogens (tertiary/aromatic N) is 1. The van der Waals surface area contributed by atoms with Gasteiger partial charge in [0.15, 0.2) is 0 Å². The zero-order valence-corrected chi connectivity index (χ0v) is 12.1. The summed E-state index contributed by atoms with van der Waals surface area (Å²) in [5, 5.41) is 0. The standard InChI is InChI=1S/C14H14BrFN2O/c1-9-5-6-13(12(7-17)18-9)19-8-10-3-2-4-11(16)14(10)15/h2-6H,7-8,17H2,1H3. The van der Waals surface area contributed by atoms with E-state index in [9.17, 15) is 4.39 Å². The molecule has 100 valence electrons. The lowest BCUT2D eigenvalue weighted by Crippen LogP contribution is -2.06. The van der Waals surface area contributed by atoms with Crippen molar-refractivity contribution in [3.63, 3.8) is 0 Å². The largest absolute Gasteiger partial charge is 0.487 e. The average molecular weight is 325 g/mol. The van der Waals surface area contributed by atoms with Crippen LogP contribution in [-0.4, -0.2) is 4.98 Å². The number of nitrogens with two attached hydrogens (primary N) is 1. The third-order valence-electron chi connectivity index (χ3n) is 2.68. The Balaban J connectivity index is 2.17. The van der Waals surface area contributed by atoms with Gasteiger partial charge in [-0.3, -0.25) is 4.98 Å². The first kappa shape index (κ1) is 14.0. The molecule has 1 aromatic carbocycles. The SMILES string of the molecule is Cc1ccc(OCc2cccc(F)c2Br)c(CN)n1. The van der Waals surface area contributed by atoms with E-state index in [4.69, 9.17) is 10.5 Å². The van der Waals surface area contributed by atoms with Crippen molar-refractivity contribution < 1.29 is 9.13 Å². The second-order valence-electron chi connectivity index (χ2n) is 4.10. The van der Waals surface area contributed by atoms with E-state index in [-0.39, 0.29) is 12.4 Å². The van der Waals surface area contributed by atoms with Crippen LogP contribution in [0.4, 0.5) is 4.39 Å². The number of rotatable bonds is 4. The molecule has 19 heavy (non-hydrogen) atoms. The summed E-state index contributed by atoms with van der Waals surface area (Å²) in [6.07, 6.45) is 0. The first-order chi connectivity index (χ1) is 9.11. The van der Waals surface area contributed by atoms with Crippen LogP contribution in [0.3, 0.4) is 0 Å². The van der Waals surface area contributed by atoms with Crippen LogP contribution >= 0.6 is 15.9 Å². The van der Waals surface area contributed by atoms with Gasteiger partial charge in [-0.05, 0) is 41.1 Å². The molecule has 5 heteroatoms. The van der Waals surface area contributed by atoms with Crippen molar-refractivity contribution in [1.29, 1.82) is 0 Å². The topological polar surface area (TPSA) is 48.1 Å². The van der Waals surface area contributed by atoms with Gasteiger partial charge in [-0.2, -0.15) is 0 Å². The van der Waals surface area contributed by atoms with E-state index in [1.807, 2.05) is 19.1 Å². The molecule has 1 heterocycles. The second kappa shape index (κ2) is 6.12. The van der Waals surface area contributed by atoms with Crippen LogP contribution in [-0.2, 0) is 13.2 Å². The maximum Gasteiger partial charge on any atom is 0.142 e. The summed E-state index contributed by atoms with van der Waals surface area (Å²) in [6.45, 7) is 2.46. The zero-order chi connectivity index (χ0) is 13.8. The molecule has 0 fully saturated rings. The number of aromatic nitrogens is 1. The van der Waals surface area contributed by atoms with Crippen LogP contribution < -0.4 is 10.5 Å². The van der Waals surface area contributed by atoms with Crippen LogP contribution in [0.5, 0.6) is 5.75 Å². The van der Waals surface area contributed by atoms with Gasteiger partial charge in [0.1, 0.15) is 18.2 Å². The van der Waals surface area contributed by atoms with Crippen molar-refractivity contribution in [1.82, 2.24) is 4.98 Å². The number of halogens is 2. The first-order valence-corrected chi connectivity index (χ1v) is 6.63. The van der Waals surface area contributed by atoms with Crippen LogP contribution in [0, 0.1) is 12.7 Å². The number of benzene rings is 1. The van der Waals surface area contributed by atoms with E-state index in [1.165, 1.54) is 6.07 Å². The molecule has 1 aromatic heterocycles. The quantitative estimate of drug-likeness (QED) is 0.938. The van der Waals surface area contributed by atoms with Crippen molar-refractivity contribution in [2.24, 2.45) is 5.73 Å². The smallest absolute Gasteiger partial charge is 0.142 e. The number of hydrogen-bond donors (Lipinski definition) is 1. The summed E-state index contributed by atoms with van der Waals surface area (Å²) in [6, 6.07) is 8.53. The van der Waals surface area contributed by atoms with Gasteiger partial charge in [0.2, 0.25) is 0 Å². The molecule has 0 saturated heterocycles. The summed E-state index contributed by atoms with van der Waals surface area (Å²) >= 11 is 3.21. The van der Waals surface area contributed by atoms with Crippen LogP contribution in [0.2, 0.25) is 0 Å². The predicted octanol–water partition coefficient (Wildman–Crippen LogP) is 3.33. The zero-order valence-electron chi connectivity index (χ0n) is 10.5. The monoisotopic (exact) mass is 324 g/mol. The van der Waals surface area contributed by atoms with Crippen molar-refractivity contribution in [3.8, 4) is 5.75 Å². The normalized spacial score (nSPS) is 10.5. The summed E-state index contributed by atoms with van der Waals surface area (Å²) < 4.78 is 19.5. The Morgan fingerprint density at radius 3 is 2.84 bits per heavy atom. The molecule has 0 spiro atoms. The molecule has 0 atom stereocenters. The Kier molecular flexibility index (Phi) is 4.50. The Bertz CT molecular complexity index is 590. The maximum atomic E-state index is 13.4. The Labute approximate surface area is 119 Å². The second-order valence-corrected chi connectivity index (χ2v) is 4.90. The van der Waals surface area contributed by atoms with E-state index in [0.29, 0.717) is 22.5 Å². The molecule has 2 aromatic rings. The Hall–Kier alpha value is -1.46. The van der Waals surface area contributed by atoms with Gasteiger partial charge in [-0.25, -0.2) is 4.39 Å². The minimum atomic E-state index is -0.304. The highest BCUT2D eigenvalue weighted by atomic mass is 79.9. The number of pyridine rings is 1. The number of aryl methyl sites for hydroxylation is 1. The van der Waals surface area contributed by atoms with E-state index in [0.717, 1.165) is 11.3 Å². The number of hydrogen-bond acceptors (Lipinski definition) is 3. The average Bonchev–Trinajstić information content (AvgIpc) is 2.41. The van der Waals surface area contributed by atoms with E-state index < -0.39 is 0 Å². The van der Waals surface area contributed by atoms with E-state index in [1.54, 1.807) is 12.1 Å². The van der Waals surface area contributed by atoms with Crippen molar-refractivity contribution in [3.05, 3.63) is 57.6 Å². The molecule has 0 unspecified atom stereocenters. The molecule has 2 rings (SSSR count). The summed E-state index contributed by atoms with van der Waals surface area (Å²) in [4.78, 5) is 4.31. The Morgan fingerprint density at radius 2 is 2.11 bits per heavy atom. The first-order valence-electron chi connectivity index (χ1n) is 5.84. The highest BCUT2D eigenvalue weighted by molar-refractivity contribution is 9.10. The van der Waals surface area contributed by atoms with Gasteiger partial charge in [0.25, 0.3) is 0 Å². The third-order valence-corrected chi connectivity index (χ3v) is 3.57. The van der Waals surface area contributed by atoms with Crippen molar-refractivity contribution in [2.75, 3.05) is 0 Å². The van der Waals surface area contributed by atoms with Crippen molar-refractivity contribution in [2.45, 2.75) is 20.1 Å². The molecular weight excluding hydrogens is 311 g/mol. The molecule has 0 amide bonds. The lowest BCUT2D eigenvalue weighted by molar-refractivity contribution is 0.299. The highest BCUT2D eigenvalue weighted by Gasteiger charge is 2.08. The molecule has 0 saturated carbocycles. The molecule has 0 bridgehead atoms. The van der Waals surface area contributed by atoms with Gasteiger partial charge in [0.05, 0.1) is 10.2 Å². The molecule has 3 nitrogen and oxygen atoms in total. The summed E-state index contributed by atoms with van der Waals surface area (Å²) in [7, 11) is 0. The fourth-order valence-corrected chi connectivity index (χ4v) is 2.07. The van der Waals surface area contributed by atoms with E-state index in [2.05, 4.69) is 20.9 Å². The Morgan fingerprint density at radius 1 is 1.32 bits per heavy atom. The van der Waals surface area contributed by atoms with Gasteiger partial charge in [0, 0.05) is 17.8 Å². The molecule has 0 aliphatic rings. The van der Waals surface area contributed by atoms with Crippen LogP contribution in [0.25, 0.3) is 0 Å². The minimum absolute atomic E-state index is 0.260. The summed E-state index contributed by atoms with van der Waals surface area (Å²) in [5.41, 5.74) is 7.96. The number of ether oxygens (including phenoxy) is 1.